The normalized spacial score (nSPS) is 15.7. The van der Waals surface area contributed by atoms with Crippen molar-refractivity contribution in [1.82, 2.24) is 15.5 Å². The summed E-state index contributed by atoms with van der Waals surface area (Å²) in [5.74, 6) is 0.875. The quantitative estimate of drug-likeness (QED) is 0.293. The summed E-state index contributed by atoms with van der Waals surface area (Å²) in [5.41, 5.74) is 2.71. The molecule has 1 heterocycles. The Bertz CT molecular complexity index is 490. The number of ether oxygens (including phenoxy) is 1. The van der Waals surface area contributed by atoms with Crippen molar-refractivity contribution in [3.05, 3.63) is 35.4 Å². The lowest BCUT2D eigenvalue weighted by Crippen LogP contribution is -2.38. The van der Waals surface area contributed by atoms with Gasteiger partial charge < -0.3 is 15.4 Å². The highest BCUT2D eigenvalue weighted by Gasteiger charge is 2.12. The molecule has 0 radical (unpaired) electrons. The SMILES string of the molecule is CCCCNC(=NC)NCc1ccccc1CN1CCOCC1.I. The second kappa shape index (κ2) is 12.5. The fourth-order valence-corrected chi connectivity index (χ4v) is 2.67. The molecule has 136 valence electrons. The van der Waals surface area contributed by atoms with Gasteiger partial charge in [0.1, 0.15) is 0 Å². The number of unbranched alkanes of at least 4 members (excludes halogenated alkanes) is 1. The Balaban J connectivity index is 0.00000288. The Morgan fingerprint density at radius 3 is 2.54 bits per heavy atom. The molecule has 1 fully saturated rings. The Kier molecular flexibility index (Phi) is 11.0. The number of benzene rings is 1. The number of hydrogen-bond acceptors (Lipinski definition) is 3. The number of nitrogens with zero attached hydrogens (tertiary/aromatic N) is 2. The lowest BCUT2D eigenvalue weighted by molar-refractivity contribution is 0.0341. The minimum atomic E-state index is 0. The fourth-order valence-electron chi connectivity index (χ4n) is 2.67. The average molecular weight is 446 g/mol. The van der Waals surface area contributed by atoms with Gasteiger partial charge in [-0.3, -0.25) is 9.89 Å². The molecule has 2 rings (SSSR count). The number of morpholine rings is 1. The third-order valence-electron chi connectivity index (χ3n) is 4.11. The number of guanidine groups is 1. The summed E-state index contributed by atoms with van der Waals surface area (Å²) in [4.78, 5) is 6.74. The van der Waals surface area contributed by atoms with Gasteiger partial charge >= 0.3 is 0 Å². The Labute approximate surface area is 163 Å². The van der Waals surface area contributed by atoms with E-state index in [1.54, 1.807) is 0 Å². The summed E-state index contributed by atoms with van der Waals surface area (Å²) < 4.78 is 5.43. The van der Waals surface area contributed by atoms with E-state index >= 15 is 0 Å². The van der Waals surface area contributed by atoms with E-state index in [0.717, 1.165) is 58.3 Å². The molecular weight excluding hydrogens is 415 g/mol. The zero-order valence-corrected chi connectivity index (χ0v) is 17.2. The number of hydrogen-bond donors (Lipinski definition) is 2. The predicted octanol–water partition coefficient (Wildman–Crippen LogP) is 2.60. The summed E-state index contributed by atoms with van der Waals surface area (Å²) in [6.45, 7) is 8.66. The maximum atomic E-state index is 5.43. The smallest absolute Gasteiger partial charge is 0.191 e. The Morgan fingerprint density at radius 1 is 1.17 bits per heavy atom. The molecular formula is C18H31IN4O. The van der Waals surface area contributed by atoms with Crippen LogP contribution in [0.15, 0.2) is 29.3 Å². The van der Waals surface area contributed by atoms with E-state index in [1.807, 2.05) is 7.05 Å². The van der Waals surface area contributed by atoms with Crippen LogP contribution in [0.1, 0.15) is 30.9 Å². The molecule has 0 amide bonds. The minimum Gasteiger partial charge on any atom is -0.379 e. The van der Waals surface area contributed by atoms with E-state index in [0.29, 0.717) is 0 Å². The Hall–Kier alpha value is -0.860. The first-order chi connectivity index (χ1) is 11.3. The highest BCUT2D eigenvalue weighted by Crippen LogP contribution is 2.12. The maximum Gasteiger partial charge on any atom is 0.191 e. The van der Waals surface area contributed by atoms with Crippen molar-refractivity contribution in [2.24, 2.45) is 4.99 Å². The molecule has 0 bridgehead atoms. The third-order valence-corrected chi connectivity index (χ3v) is 4.11. The van der Waals surface area contributed by atoms with Gasteiger partial charge in [0.15, 0.2) is 5.96 Å². The van der Waals surface area contributed by atoms with Crippen LogP contribution in [0.4, 0.5) is 0 Å². The van der Waals surface area contributed by atoms with Crippen molar-refractivity contribution in [1.29, 1.82) is 0 Å². The Morgan fingerprint density at radius 2 is 1.88 bits per heavy atom. The van der Waals surface area contributed by atoms with Gasteiger partial charge in [0.05, 0.1) is 13.2 Å². The molecule has 24 heavy (non-hydrogen) atoms. The van der Waals surface area contributed by atoms with Gasteiger partial charge in [0.2, 0.25) is 0 Å². The molecule has 0 spiro atoms. The lowest BCUT2D eigenvalue weighted by Gasteiger charge is -2.27. The second-order valence-electron chi connectivity index (χ2n) is 5.86. The van der Waals surface area contributed by atoms with E-state index in [2.05, 4.69) is 51.7 Å². The van der Waals surface area contributed by atoms with Crippen molar-refractivity contribution in [2.75, 3.05) is 39.9 Å². The van der Waals surface area contributed by atoms with Crippen LogP contribution in [-0.4, -0.2) is 50.8 Å². The number of aliphatic imine (C=N–C) groups is 1. The molecule has 0 aliphatic carbocycles. The zero-order chi connectivity index (χ0) is 16.3. The summed E-state index contributed by atoms with van der Waals surface area (Å²) in [5, 5.41) is 6.77. The van der Waals surface area contributed by atoms with Gasteiger partial charge in [-0.25, -0.2) is 0 Å². The largest absolute Gasteiger partial charge is 0.379 e. The van der Waals surface area contributed by atoms with E-state index in [-0.39, 0.29) is 24.0 Å². The number of rotatable bonds is 7. The van der Waals surface area contributed by atoms with Crippen molar-refractivity contribution < 1.29 is 4.74 Å². The molecule has 0 atom stereocenters. The number of halogens is 1. The molecule has 0 aromatic heterocycles. The third kappa shape index (κ3) is 7.36. The molecule has 1 aliphatic rings. The summed E-state index contributed by atoms with van der Waals surface area (Å²) in [7, 11) is 1.82. The first kappa shape index (κ1) is 21.2. The fraction of sp³-hybridized carbons (Fsp3) is 0.611. The van der Waals surface area contributed by atoms with Gasteiger partial charge in [-0.15, -0.1) is 24.0 Å². The van der Waals surface area contributed by atoms with Crippen LogP contribution < -0.4 is 10.6 Å². The van der Waals surface area contributed by atoms with Gasteiger partial charge in [-0.2, -0.15) is 0 Å². The van der Waals surface area contributed by atoms with Crippen molar-refractivity contribution in [3.63, 3.8) is 0 Å². The average Bonchev–Trinajstić information content (AvgIpc) is 2.60. The second-order valence-corrected chi connectivity index (χ2v) is 5.86. The molecule has 1 aromatic rings. The van der Waals surface area contributed by atoms with Crippen molar-refractivity contribution in [2.45, 2.75) is 32.9 Å². The highest BCUT2D eigenvalue weighted by molar-refractivity contribution is 14.0. The van der Waals surface area contributed by atoms with Crippen LogP contribution in [0, 0.1) is 0 Å². The first-order valence-electron chi connectivity index (χ1n) is 8.65. The molecule has 5 nitrogen and oxygen atoms in total. The lowest BCUT2D eigenvalue weighted by atomic mass is 10.1. The molecule has 2 N–H and O–H groups in total. The van der Waals surface area contributed by atoms with Crippen LogP contribution >= 0.6 is 24.0 Å². The van der Waals surface area contributed by atoms with Crippen LogP contribution in [0.2, 0.25) is 0 Å². The monoisotopic (exact) mass is 446 g/mol. The maximum absolute atomic E-state index is 5.43. The van der Waals surface area contributed by atoms with Crippen LogP contribution in [-0.2, 0) is 17.8 Å². The van der Waals surface area contributed by atoms with Gasteiger partial charge in [0.25, 0.3) is 0 Å². The standard InChI is InChI=1S/C18H30N4O.HI/c1-3-4-9-20-18(19-2)21-14-16-7-5-6-8-17(16)15-22-10-12-23-13-11-22;/h5-8H,3-4,9-15H2,1-2H3,(H2,19,20,21);1H. The molecule has 1 aliphatic heterocycles. The molecule has 6 heteroatoms. The van der Waals surface area contributed by atoms with E-state index < -0.39 is 0 Å². The predicted molar refractivity (Wildman–Crippen MR) is 111 cm³/mol. The minimum absolute atomic E-state index is 0. The van der Waals surface area contributed by atoms with Crippen LogP contribution in [0.3, 0.4) is 0 Å². The van der Waals surface area contributed by atoms with Gasteiger partial charge in [-0.05, 0) is 17.5 Å². The molecule has 0 saturated carbocycles. The van der Waals surface area contributed by atoms with Gasteiger partial charge in [-0.1, -0.05) is 37.6 Å². The summed E-state index contributed by atoms with van der Waals surface area (Å²) in [6.07, 6.45) is 2.35. The van der Waals surface area contributed by atoms with Crippen molar-refractivity contribution in [3.8, 4) is 0 Å². The summed E-state index contributed by atoms with van der Waals surface area (Å²) >= 11 is 0. The molecule has 0 unspecified atom stereocenters. The van der Waals surface area contributed by atoms with Crippen LogP contribution in [0.5, 0.6) is 0 Å². The zero-order valence-electron chi connectivity index (χ0n) is 14.9. The summed E-state index contributed by atoms with van der Waals surface area (Å²) in [6, 6.07) is 8.64. The van der Waals surface area contributed by atoms with Gasteiger partial charge in [0, 0.05) is 39.8 Å². The van der Waals surface area contributed by atoms with Crippen molar-refractivity contribution >= 4 is 29.9 Å². The molecule has 1 aromatic carbocycles. The van der Waals surface area contributed by atoms with E-state index in [4.69, 9.17) is 4.74 Å². The topological polar surface area (TPSA) is 48.9 Å². The number of nitrogens with one attached hydrogen (secondary N) is 2. The first-order valence-corrected chi connectivity index (χ1v) is 8.65. The highest BCUT2D eigenvalue weighted by atomic mass is 127. The van der Waals surface area contributed by atoms with E-state index in [1.165, 1.54) is 17.5 Å². The molecule has 1 saturated heterocycles. The van der Waals surface area contributed by atoms with Crippen LogP contribution in [0.25, 0.3) is 0 Å². The van der Waals surface area contributed by atoms with E-state index in [9.17, 15) is 0 Å².